The molecule has 0 aromatic carbocycles. The SMILES string of the molecule is CC1COC(F)(F)C1. The van der Waals surface area contributed by atoms with Gasteiger partial charge in [0.1, 0.15) is 0 Å². The Morgan fingerprint density at radius 1 is 1.62 bits per heavy atom. The summed E-state index contributed by atoms with van der Waals surface area (Å²) in [6, 6.07) is 0. The summed E-state index contributed by atoms with van der Waals surface area (Å²) in [6.45, 7) is 1.95. The van der Waals surface area contributed by atoms with Gasteiger partial charge in [-0.15, -0.1) is 0 Å². The lowest BCUT2D eigenvalue weighted by atomic mass is 10.1. The number of rotatable bonds is 0. The van der Waals surface area contributed by atoms with E-state index >= 15 is 0 Å². The summed E-state index contributed by atoms with van der Waals surface area (Å²) < 4.78 is 28.1. The summed E-state index contributed by atoms with van der Waals surface area (Å²) >= 11 is 0. The first-order valence-electron chi connectivity index (χ1n) is 2.62. The lowest BCUT2D eigenvalue weighted by Gasteiger charge is -2.03. The second kappa shape index (κ2) is 1.65. The van der Waals surface area contributed by atoms with Crippen molar-refractivity contribution in [2.45, 2.75) is 19.5 Å². The van der Waals surface area contributed by atoms with Crippen molar-refractivity contribution in [3.63, 3.8) is 0 Å². The summed E-state index contributed by atoms with van der Waals surface area (Å²) in [7, 11) is 0. The fourth-order valence-corrected chi connectivity index (χ4v) is 0.788. The van der Waals surface area contributed by atoms with Gasteiger partial charge < -0.3 is 4.74 Å². The first-order valence-corrected chi connectivity index (χ1v) is 2.62. The van der Waals surface area contributed by atoms with Gasteiger partial charge >= 0.3 is 6.11 Å². The molecule has 1 saturated heterocycles. The maximum absolute atomic E-state index is 12.0. The fraction of sp³-hybridized carbons (Fsp3) is 1.00. The Hall–Kier alpha value is -0.180. The molecule has 0 aromatic heterocycles. The zero-order valence-electron chi connectivity index (χ0n) is 4.66. The zero-order valence-corrected chi connectivity index (χ0v) is 4.66. The van der Waals surface area contributed by atoms with E-state index in [-0.39, 0.29) is 18.9 Å². The van der Waals surface area contributed by atoms with Crippen LogP contribution in [0.4, 0.5) is 8.78 Å². The van der Waals surface area contributed by atoms with Crippen molar-refractivity contribution in [2.24, 2.45) is 5.92 Å². The molecular weight excluding hydrogens is 114 g/mol. The number of hydrogen-bond donors (Lipinski definition) is 0. The Kier molecular flexibility index (Phi) is 1.23. The average molecular weight is 122 g/mol. The van der Waals surface area contributed by atoms with Crippen molar-refractivity contribution in [2.75, 3.05) is 6.61 Å². The number of hydrogen-bond acceptors (Lipinski definition) is 1. The van der Waals surface area contributed by atoms with Crippen LogP contribution in [-0.2, 0) is 4.74 Å². The van der Waals surface area contributed by atoms with E-state index in [1.165, 1.54) is 0 Å². The molecule has 0 aromatic rings. The summed E-state index contributed by atoms with van der Waals surface area (Å²) in [6.07, 6.45) is -2.95. The van der Waals surface area contributed by atoms with E-state index in [1.54, 1.807) is 6.92 Å². The maximum Gasteiger partial charge on any atom is 0.356 e. The lowest BCUT2D eigenvalue weighted by Crippen LogP contribution is -2.11. The van der Waals surface area contributed by atoms with Crippen LogP contribution in [0.15, 0.2) is 0 Å². The maximum atomic E-state index is 12.0. The van der Waals surface area contributed by atoms with Gasteiger partial charge in [0.15, 0.2) is 0 Å². The molecule has 8 heavy (non-hydrogen) atoms. The van der Waals surface area contributed by atoms with Gasteiger partial charge in [-0.3, -0.25) is 0 Å². The van der Waals surface area contributed by atoms with Gasteiger partial charge in [0.05, 0.1) is 6.61 Å². The predicted molar refractivity (Wildman–Crippen MR) is 24.7 cm³/mol. The normalized spacial score (nSPS) is 35.6. The van der Waals surface area contributed by atoms with E-state index in [0.29, 0.717) is 0 Å². The first kappa shape index (κ1) is 5.95. The Morgan fingerprint density at radius 3 is 2.38 bits per heavy atom. The molecule has 1 rings (SSSR count). The van der Waals surface area contributed by atoms with Gasteiger partial charge in [-0.2, -0.15) is 8.78 Å². The first-order chi connectivity index (χ1) is 3.60. The third-order valence-corrected chi connectivity index (χ3v) is 1.17. The van der Waals surface area contributed by atoms with E-state index in [2.05, 4.69) is 4.74 Å². The highest BCUT2D eigenvalue weighted by Gasteiger charge is 2.38. The second-order valence-electron chi connectivity index (χ2n) is 2.26. The molecule has 0 spiro atoms. The van der Waals surface area contributed by atoms with Gasteiger partial charge in [-0.05, 0) is 5.92 Å². The minimum Gasteiger partial charge on any atom is -0.320 e. The minimum atomic E-state index is -2.83. The molecular formula is C5H8F2O. The van der Waals surface area contributed by atoms with Crippen LogP contribution in [0.1, 0.15) is 13.3 Å². The Morgan fingerprint density at radius 2 is 2.25 bits per heavy atom. The molecule has 1 aliphatic heterocycles. The molecule has 1 heterocycles. The van der Waals surface area contributed by atoms with Gasteiger partial charge in [0.2, 0.25) is 0 Å². The van der Waals surface area contributed by atoms with Crippen molar-refractivity contribution in [1.82, 2.24) is 0 Å². The molecule has 0 aliphatic carbocycles. The van der Waals surface area contributed by atoms with Gasteiger partial charge in [0.25, 0.3) is 0 Å². The van der Waals surface area contributed by atoms with Crippen LogP contribution >= 0.6 is 0 Å². The summed E-state index contributed by atoms with van der Waals surface area (Å²) in [5.41, 5.74) is 0. The Bertz CT molecular complexity index is 92.4. The molecule has 0 amide bonds. The van der Waals surface area contributed by atoms with Crippen molar-refractivity contribution >= 4 is 0 Å². The molecule has 1 nitrogen and oxygen atoms in total. The topological polar surface area (TPSA) is 9.23 Å². The molecule has 48 valence electrons. The monoisotopic (exact) mass is 122 g/mol. The summed E-state index contributed by atoms with van der Waals surface area (Å²) in [5, 5.41) is 0. The molecule has 3 heteroatoms. The average Bonchev–Trinajstić information content (AvgIpc) is 1.82. The third kappa shape index (κ3) is 1.15. The van der Waals surface area contributed by atoms with Crippen LogP contribution in [0, 0.1) is 5.92 Å². The Labute approximate surface area is 46.6 Å². The van der Waals surface area contributed by atoms with E-state index in [1.807, 2.05) is 0 Å². The molecule has 1 unspecified atom stereocenters. The minimum absolute atomic E-state index is 0.0185. The summed E-state index contributed by atoms with van der Waals surface area (Å²) in [5.74, 6) is 0.0185. The highest BCUT2D eigenvalue weighted by Crippen LogP contribution is 2.31. The van der Waals surface area contributed by atoms with Crippen LogP contribution in [0.2, 0.25) is 0 Å². The lowest BCUT2D eigenvalue weighted by molar-refractivity contribution is -0.205. The summed E-state index contributed by atoms with van der Waals surface area (Å²) in [4.78, 5) is 0. The van der Waals surface area contributed by atoms with Crippen LogP contribution in [-0.4, -0.2) is 12.7 Å². The number of halogens is 2. The predicted octanol–water partition coefficient (Wildman–Crippen LogP) is 1.64. The smallest absolute Gasteiger partial charge is 0.320 e. The van der Waals surface area contributed by atoms with E-state index < -0.39 is 6.11 Å². The van der Waals surface area contributed by atoms with E-state index in [4.69, 9.17) is 0 Å². The quantitative estimate of drug-likeness (QED) is 0.474. The molecule has 0 N–H and O–H groups in total. The number of ether oxygens (including phenoxy) is 1. The van der Waals surface area contributed by atoms with Crippen molar-refractivity contribution in [3.05, 3.63) is 0 Å². The van der Waals surface area contributed by atoms with Gasteiger partial charge in [-0.25, -0.2) is 0 Å². The van der Waals surface area contributed by atoms with Crippen LogP contribution < -0.4 is 0 Å². The largest absolute Gasteiger partial charge is 0.356 e. The standard InChI is InChI=1S/C5H8F2O/c1-4-2-5(6,7)8-3-4/h4H,2-3H2,1H3. The second-order valence-corrected chi connectivity index (χ2v) is 2.26. The fourth-order valence-electron chi connectivity index (χ4n) is 0.788. The molecule has 1 aliphatic rings. The van der Waals surface area contributed by atoms with Crippen molar-refractivity contribution < 1.29 is 13.5 Å². The molecule has 1 fully saturated rings. The highest BCUT2D eigenvalue weighted by atomic mass is 19.3. The van der Waals surface area contributed by atoms with Crippen LogP contribution in [0.25, 0.3) is 0 Å². The molecule has 0 bridgehead atoms. The highest BCUT2D eigenvalue weighted by molar-refractivity contribution is 4.67. The third-order valence-electron chi connectivity index (χ3n) is 1.17. The van der Waals surface area contributed by atoms with Crippen molar-refractivity contribution in [1.29, 1.82) is 0 Å². The van der Waals surface area contributed by atoms with Crippen LogP contribution in [0.3, 0.4) is 0 Å². The molecule has 0 radical (unpaired) electrons. The molecule has 0 saturated carbocycles. The van der Waals surface area contributed by atoms with E-state index in [0.717, 1.165) is 0 Å². The number of alkyl halides is 2. The van der Waals surface area contributed by atoms with E-state index in [9.17, 15) is 8.78 Å². The van der Waals surface area contributed by atoms with Crippen molar-refractivity contribution in [3.8, 4) is 0 Å². The van der Waals surface area contributed by atoms with Gasteiger partial charge in [-0.1, -0.05) is 6.92 Å². The molecule has 1 atom stereocenters. The van der Waals surface area contributed by atoms with Gasteiger partial charge in [0, 0.05) is 6.42 Å². The van der Waals surface area contributed by atoms with Crippen LogP contribution in [0.5, 0.6) is 0 Å². The zero-order chi connectivity index (χ0) is 6.20. The Balaban J connectivity index is 2.44.